The number of nitrogens with zero attached hydrogens (tertiary/aromatic N) is 1. The highest BCUT2D eigenvalue weighted by Crippen LogP contribution is 2.15. The average molecular weight is 329 g/mol. The number of pyridine rings is 1. The van der Waals surface area contributed by atoms with Gasteiger partial charge in [-0.05, 0) is 6.42 Å². The Hall–Kier alpha value is -1.48. The minimum absolute atomic E-state index is 0.382. The molecule has 2 unspecified atom stereocenters. The molecule has 0 fully saturated rings. The summed E-state index contributed by atoms with van der Waals surface area (Å²) in [6.45, 7) is 3.70. The smallest absolute Gasteiger partial charge is 0.386 e. The number of rotatable bonds is 8. The van der Waals surface area contributed by atoms with Crippen molar-refractivity contribution in [3.05, 3.63) is 30.6 Å². The van der Waals surface area contributed by atoms with Crippen LogP contribution in [-0.2, 0) is 18.0 Å². The molecule has 0 aliphatic heterocycles. The summed E-state index contributed by atoms with van der Waals surface area (Å²) in [7, 11) is 1.58. The van der Waals surface area contributed by atoms with Crippen LogP contribution in [0.15, 0.2) is 30.6 Å². The predicted molar refractivity (Wildman–Crippen MR) is 81.8 cm³/mol. The molecule has 2 atom stereocenters. The third-order valence-corrected chi connectivity index (χ3v) is 6.53. The Morgan fingerprint density at radius 2 is 1.68 bits per heavy atom. The molecular formula is C14H25N2O5Si+. The SMILES string of the molecule is CCC(NC(=O)OC(C)[n+]1ccccc1)[Si](OC)(OC)OC. The van der Waals surface area contributed by atoms with Crippen LogP contribution in [0.5, 0.6) is 0 Å². The molecule has 124 valence electrons. The van der Waals surface area contributed by atoms with Gasteiger partial charge in [0.05, 0.1) is 0 Å². The highest BCUT2D eigenvalue weighted by atomic mass is 28.4. The number of aromatic nitrogens is 1. The van der Waals surface area contributed by atoms with Crippen LogP contribution >= 0.6 is 0 Å². The molecule has 0 bridgehead atoms. The number of nitrogens with one attached hydrogen (secondary N) is 1. The van der Waals surface area contributed by atoms with Crippen molar-refractivity contribution < 1.29 is 27.4 Å². The fraction of sp³-hybridized carbons (Fsp3) is 0.571. The van der Waals surface area contributed by atoms with E-state index in [0.29, 0.717) is 6.42 Å². The lowest BCUT2D eigenvalue weighted by atomic mass is 10.4. The zero-order valence-corrected chi connectivity index (χ0v) is 14.7. The van der Waals surface area contributed by atoms with Crippen molar-refractivity contribution in [1.82, 2.24) is 5.32 Å². The van der Waals surface area contributed by atoms with E-state index in [1.165, 1.54) is 21.3 Å². The maximum Gasteiger partial charge on any atom is 0.523 e. The highest BCUT2D eigenvalue weighted by Gasteiger charge is 2.47. The van der Waals surface area contributed by atoms with Gasteiger partial charge in [-0.15, -0.1) is 0 Å². The largest absolute Gasteiger partial charge is 0.523 e. The van der Waals surface area contributed by atoms with Crippen molar-refractivity contribution in [2.75, 3.05) is 21.3 Å². The number of amides is 1. The van der Waals surface area contributed by atoms with Gasteiger partial charge in [0.25, 0.3) is 0 Å². The fourth-order valence-electron chi connectivity index (χ4n) is 2.16. The van der Waals surface area contributed by atoms with E-state index < -0.39 is 21.1 Å². The normalized spacial score (nSPS) is 14.2. The van der Waals surface area contributed by atoms with E-state index in [1.807, 2.05) is 37.5 Å². The van der Waals surface area contributed by atoms with Crippen LogP contribution in [0.1, 0.15) is 26.5 Å². The van der Waals surface area contributed by atoms with Crippen molar-refractivity contribution in [3.63, 3.8) is 0 Å². The first kappa shape index (κ1) is 18.6. The summed E-state index contributed by atoms with van der Waals surface area (Å²) >= 11 is 0. The highest BCUT2D eigenvalue weighted by molar-refractivity contribution is 6.62. The van der Waals surface area contributed by atoms with Crippen LogP contribution in [0.4, 0.5) is 4.79 Å². The molecule has 7 nitrogen and oxygen atoms in total. The first-order chi connectivity index (χ1) is 10.5. The van der Waals surface area contributed by atoms with Gasteiger partial charge in [0.15, 0.2) is 12.4 Å². The van der Waals surface area contributed by atoms with Gasteiger partial charge in [0.2, 0.25) is 0 Å². The van der Waals surface area contributed by atoms with E-state index in [1.54, 1.807) is 11.5 Å². The van der Waals surface area contributed by atoms with Gasteiger partial charge in [0.1, 0.15) is 5.67 Å². The monoisotopic (exact) mass is 329 g/mol. The lowest BCUT2D eigenvalue weighted by molar-refractivity contribution is -0.753. The van der Waals surface area contributed by atoms with Crippen molar-refractivity contribution in [1.29, 1.82) is 0 Å². The second kappa shape index (κ2) is 8.84. The molecule has 1 amide bonds. The molecule has 1 rings (SSSR count). The molecule has 1 heterocycles. The zero-order chi connectivity index (χ0) is 16.6. The van der Waals surface area contributed by atoms with Crippen molar-refractivity contribution in [2.45, 2.75) is 32.2 Å². The molecule has 1 aromatic rings. The van der Waals surface area contributed by atoms with Crippen LogP contribution < -0.4 is 9.88 Å². The predicted octanol–water partition coefficient (Wildman–Crippen LogP) is 1.41. The molecule has 0 spiro atoms. The fourth-order valence-corrected chi connectivity index (χ4v) is 4.31. The molecule has 0 saturated heterocycles. The lowest BCUT2D eigenvalue weighted by Crippen LogP contribution is -2.61. The molecule has 0 saturated carbocycles. The van der Waals surface area contributed by atoms with Crippen molar-refractivity contribution in [2.24, 2.45) is 0 Å². The van der Waals surface area contributed by atoms with Gasteiger partial charge in [-0.25, -0.2) is 4.79 Å². The molecule has 1 aromatic heterocycles. The molecule has 22 heavy (non-hydrogen) atoms. The van der Waals surface area contributed by atoms with E-state index >= 15 is 0 Å². The summed E-state index contributed by atoms with van der Waals surface area (Å²) < 4.78 is 23.3. The maximum absolute atomic E-state index is 12.1. The molecule has 0 radical (unpaired) electrons. The van der Waals surface area contributed by atoms with Crippen LogP contribution in [0.2, 0.25) is 0 Å². The van der Waals surface area contributed by atoms with Crippen LogP contribution in [-0.4, -0.2) is 41.9 Å². The van der Waals surface area contributed by atoms with Gasteiger partial charge in [0, 0.05) is 40.4 Å². The van der Waals surface area contributed by atoms with E-state index in [9.17, 15) is 4.79 Å². The van der Waals surface area contributed by atoms with Gasteiger partial charge in [-0.1, -0.05) is 13.0 Å². The number of hydrogen-bond donors (Lipinski definition) is 1. The quantitative estimate of drug-likeness (QED) is 0.577. The molecule has 8 heteroatoms. The first-order valence-corrected chi connectivity index (χ1v) is 8.91. The number of hydrogen-bond acceptors (Lipinski definition) is 5. The van der Waals surface area contributed by atoms with E-state index in [0.717, 1.165) is 0 Å². The summed E-state index contributed by atoms with van der Waals surface area (Å²) in [6.07, 6.45) is 3.28. The Kier molecular flexibility index (Phi) is 7.46. The average Bonchev–Trinajstić information content (AvgIpc) is 2.56. The van der Waals surface area contributed by atoms with Gasteiger partial charge in [-0.3, -0.25) is 0 Å². The minimum Gasteiger partial charge on any atom is -0.386 e. The summed E-state index contributed by atoms with van der Waals surface area (Å²) in [5, 5.41) is 2.77. The lowest BCUT2D eigenvalue weighted by Gasteiger charge is -2.31. The summed E-state index contributed by atoms with van der Waals surface area (Å²) in [4.78, 5) is 12.1. The number of carbonyl (C=O) groups is 1. The molecular weight excluding hydrogens is 304 g/mol. The molecule has 1 N–H and O–H groups in total. The van der Waals surface area contributed by atoms with Gasteiger partial charge in [-0.2, -0.15) is 4.57 Å². The second-order valence-corrected chi connectivity index (χ2v) is 7.78. The second-order valence-electron chi connectivity index (χ2n) is 4.65. The summed E-state index contributed by atoms with van der Waals surface area (Å²) in [6, 6.07) is 5.63. The molecule has 0 aliphatic rings. The Morgan fingerprint density at radius 3 is 2.14 bits per heavy atom. The number of ether oxygens (including phenoxy) is 1. The topological polar surface area (TPSA) is 69.9 Å². The Bertz CT molecular complexity index is 448. The van der Waals surface area contributed by atoms with E-state index in [4.69, 9.17) is 18.0 Å². The van der Waals surface area contributed by atoms with Crippen LogP contribution in [0.3, 0.4) is 0 Å². The minimum atomic E-state index is -2.96. The third-order valence-electron chi connectivity index (χ3n) is 3.42. The summed E-state index contributed by atoms with van der Waals surface area (Å²) in [5.41, 5.74) is -0.382. The Morgan fingerprint density at radius 1 is 1.14 bits per heavy atom. The van der Waals surface area contributed by atoms with Crippen molar-refractivity contribution in [3.8, 4) is 0 Å². The van der Waals surface area contributed by atoms with Crippen LogP contribution in [0.25, 0.3) is 0 Å². The van der Waals surface area contributed by atoms with Crippen molar-refractivity contribution >= 4 is 14.9 Å². The Balaban J connectivity index is 2.69. The molecule has 0 aliphatic carbocycles. The standard InChI is InChI=1S/C14H24N2O5Si/c1-6-13(22(18-3,19-4)20-5)15-14(17)21-12(2)16-10-8-7-9-11-16/h7-13H,6H2,1-5H3/p+1. The first-order valence-electron chi connectivity index (χ1n) is 7.11. The van der Waals surface area contributed by atoms with Gasteiger partial charge < -0.3 is 23.3 Å². The molecule has 0 aromatic carbocycles. The zero-order valence-electron chi connectivity index (χ0n) is 13.7. The van der Waals surface area contributed by atoms with E-state index in [-0.39, 0.29) is 5.67 Å². The Labute approximate surface area is 132 Å². The number of alkyl carbamates (subject to hydrolysis) is 1. The van der Waals surface area contributed by atoms with E-state index in [2.05, 4.69) is 5.32 Å². The summed E-state index contributed by atoms with van der Waals surface area (Å²) in [5.74, 6) is 0. The maximum atomic E-state index is 12.1. The van der Waals surface area contributed by atoms with Crippen LogP contribution in [0, 0.1) is 0 Å². The van der Waals surface area contributed by atoms with Gasteiger partial charge >= 0.3 is 21.1 Å². The number of carbonyl (C=O) groups excluding carboxylic acids is 1. The third kappa shape index (κ3) is 4.50.